The molecule has 1 amide bonds. The molecule has 2 aliphatic heterocycles. The predicted molar refractivity (Wildman–Crippen MR) is 183 cm³/mol. The second-order valence-corrected chi connectivity index (χ2v) is 13.7. The Hall–Kier alpha value is -3.28. The first kappa shape index (κ1) is 34.6. The summed E-state index contributed by atoms with van der Waals surface area (Å²) in [6.07, 6.45) is 5.85. The maximum absolute atomic E-state index is 14.9. The van der Waals surface area contributed by atoms with Crippen molar-refractivity contribution in [2.45, 2.75) is 89.9 Å². The van der Waals surface area contributed by atoms with Gasteiger partial charge in [-0.25, -0.2) is 0 Å². The smallest absolute Gasteiger partial charge is 0.308 e. The zero-order chi connectivity index (χ0) is 33.8. The molecule has 2 saturated heterocycles. The molecule has 0 radical (unpaired) electrons. The fourth-order valence-corrected chi connectivity index (χ4v) is 7.79. The summed E-state index contributed by atoms with van der Waals surface area (Å²) >= 11 is 6.73. The zero-order valence-corrected chi connectivity index (χ0v) is 28.8. The second-order valence-electron chi connectivity index (χ2n) is 13.3. The van der Waals surface area contributed by atoms with Crippen LogP contribution in [0.5, 0.6) is 0 Å². The minimum absolute atomic E-state index is 0.0593. The maximum Gasteiger partial charge on any atom is 0.308 e. The predicted octanol–water partition coefficient (Wildman–Crippen LogP) is 6.45. The maximum atomic E-state index is 14.9. The quantitative estimate of drug-likeness (QED) is 0.229. The van der Waals surface area contributed by atoms with E-state index in [1.807, 2.05) is 51.1 Å². The Balaban J connectivity index is 1.24. The summed E-state index contributed by atoms with van der Waals surface area (Å²) in [5.41, 5.74) is 2.21. The molecule has 258 valence electrons. The van der Waals surface area contributed by atoms with Gasteiger partial charge in [0.2, 0.25) is 5.85 Å². The van der Waals surface area contributed by atoms with E-state index in [9.17, 15) is 14.4 Å². The highest BCUT2D eigenvalue weighted by Gasteiger charge is 2.54. The molecule has 2 aromatic carbocycles. The molecule has 3 heterocycles. The third kappa shape index (κ3) is 7.33. The van der Waals surface area contributed by atoms with E-state index >= 15 is 0 Å². The van der Waals surface area contributed by atoms with Crippen molar-refractivity contribution in [2.24, 2.45) is 5.92 Å². The summed E-state index contributed by atoms with van der Waals surface area (Å²) in [6.45, 7) is 8.87. The molecule has 6 rings (SSSR count). The van der Waals surface area contributed by atoms with Gasteiger partial charge in [-0.15, -0.1) is 0 Å². The Morgan fingerprint density at radius 1 is 0.979 bits per heavy atom. The SMILES string of the molecule is CCOC(=O)C1CCC(OC(C(=O)Cc2ccc(NC(=O)c3coc4ccccc34)c(Cl)c2)(N2CCCC2)N2C[C@@H](C)O[C@@H](C)C2)CC1. The fraction of sp³-hybridized carbons (Fsp3) is 0.541. The molecule has 0 bridgehead atoms. The number of para-hydroxylation sites is 1. The normalized spacial score (nSPS) is 25.1. The van der Waals surface area contributed by atoms with Crippen LogP contribution in [-0.2, 0) is 30.2 Å². The van der Waals surface area contributed by atoms with E-state index in [1.54, 1.807) is 12.1 Å². The Labute approximate surface area is 287 Å². The van der Waals surface area contributed by atoms with Gasteiger partial charge in [0, 0.05) is 38.0 Å². The average molecular weight is 680 g/mol. The number of rotatable bonds is 11. The largest absolute Gasteiger partial charge is 0.466 e. The number of halogens is 1. The van der Waals surface area contributed by atoms with Crippen molar-refractivity contribution in [1.29, 1.82) is 0 Å². The average Bonchev–Trinajstić information content (AvgIpc) is 3.76. The summed E-state index contributed by atoms with van der Waals surface area (Å²) in [7, 11) is 0. The summed E-state index contributed by atoms with van der Waals surface area (Å²) in [5.74, 6) is -1.97. The van der Waals surface area contributed by atoms with Crippen LogP contribution in [-0.4, -0.2) is 84.4 Å². The van der Waals surface area contributed by atoms with E-state index in [-0.39, 0.29) is 48.3 Å². The van der Waals surface area contributed by atoms with Gasteiger partial charge in [0.25, 0.3) is 5.91 Å². The molecule has 3 aromatic rings. The van der Waals surface area contributed by atoms with Gasteiger partial charge in [-0.2, -0.15) is 0 Å². The van der Waals surface area contributed by atoms with Crippen LogP contribution in [0.15, 0.2) is 53.1 Å². The van der Waals surface area contributed by atoms with E-state index < -0.39 is 5.85 Å². The molecule has 1 aromatic heterocycles. The van der Waals surface area contributed by atoms with E-state index in [4.69, 9.17) is 30.2 Å². The number of Topliss-reactive ketones (excluding diaryl/α,β-unsaturated/α-hetero) is 1. The van der Waals surface area contributed by atoms with Gasteiger partial charge in [0.15, 0.2) is 5.78 Å². The van der Waals surface area contributed by atoms with Crippen LogP contribution in [0.1, 0.15) is 75.2 Å². The lowest BCUT2D eigenvalue weighted by molar-refractivity contribution is -0.274. The van der Waals surface area contributed by atoms with Gasteiger partial charge in [-0.3, -0.25) is 24.2 Å². The van der Waals surface area contributed by atoms with Crippen LogP contribution in [0, 0.1) is 5.92 Å². The molecule has 0 spiro atoms. The Kier molecular flexibility index (Phi) is 10.9. The highest BCUT2D eigenvalue weighted by atomic mass is 35.5. The number of nitrogens with one attached hydrogen (secondary N) is 1. The number of hydrogen-bond donors (Lipinski definition) is 1. The van der Waals surface area contributed by atoms with Crippen molar-refractivity contribution < 1.29 is 33.0 Å². The van der Waals surface area contributed by atoms with Gasteiger partial charge in [-0.05, 0) is 83.1 Å². The van der Waals surface area contributed by atoms with Gasteiger partial charge >= 0.3 is 5.97 Å². The molecular weight excluding hydrogens is 634 g/mol. The number of nitrogens with zero attached hydrogens (tertiary/aromatic N) is 2. The molecular formula is C37H46ClN3O7. The number of anilines is 1. The number of ketones is 1. The molecule has 3 fully saturated rings. The Morgan fingerprint density at radius 3 is 2.38 bits per heavy atom. The number of morpholine rings is 1. The monoisotopic (exact) mass is 679 g/mol. The van der Waals surface area contributed by atoms with Crippen molar-refractivity contribution in [1.82, 2.24) is 9.80 Å². The summed E-state index contributed by atoms with van der Waals surface area (Å²) in [5, 5.41) is 3.94. The molecule has 3 aliphatic rings. The lowest BCUT2D eigenvalue weighted by Gasteiger charge is -2.52. The van der Waals surface area contributed by atoms with Gasteiger partial charge in [0.1, 0.15) is 11.8 Å². The second kappa shape index (κ2) is 15.1. The number of esters is 1. The third-order valence-corrected chi connectivity index (χ3v) is 10.1. The number of amides is 1. The number of hydrogen-bond acceptors (Lipinski definition) is 9. The minimum atomic E-state index is -1.29. The number of benzene rings is 2. The Morgan fingerprint density at radius 2 is 1.69 bits per heavy atom. The third-order valence-electron chi connectivity index (χ3n) is 9.74. The van der Waals surface area contributed by atoms with E-state index in [1.165, 1.54) is 6.26 Å². The topological polar surface area (TPSA) is 111 Å². The molecule has 1 aliphatic carbocycles. The number of furan rings is 1. The van der Waals surface area contributed by atoms with Crippen LogP contribution in [0.25, 0.3) is 11.0 Å². The van der Waals surface area contributed by atoms with Gasteiger partial charge < -0.3 is 23.9 Å². The van der Waals surface area contributed by atoms with E-state index in [2.05, 4.69) is 15.1 Å². The number of fused-ring (bicyclic) bond motifs is 1. The summed E-state index contributed by atoms with van der Waals surface area (Å²) in [4.78, 5) is 44.9. The first-order chi connectivity index (χ1) is 23.2. The molecule has 1 unspecified atom stereocenters. The number of ether oxygens (including phenoxy) is 3. The molecule has 10 nitrogen and oxygen atoms in total. The minimum Gasteiger partial charge on any atom is -0.466 e. The summed E-state index contributed by atoms with van der Waals surface area (Å²) in [6, 6.07) is 12.7. The van der Waals surface area contributed by atoms with E-state index in [0.29, 0.717) is 72.6 Å². The van der Waals surface area contributed by atoms with Gasteiger partial charge in [-0.1, -0.05) is 35.9 Å². The van der Waals surface area contributed by atoms with Crippen LogP contribution >= 0.6 is 11.6 Å². The molecule has 11 heteroatoms. The van der Waals surface area contributed by atoms with Crippen molar-refractivity contribution in [3.63, 3.8) is 0 Å². The molecule has 3 atom stereocenters. The zero-order valence-electron chi connectivity index (χ0n) is 28.0. The first-order valence-corrected chi connectivity index (χ1v) is 17.6. The highest BCUT2D eigenvalue weighted by Crippen LogP contribution is 2.38. The van der Waals surface area contributed by atoms with Crippen LogP contribution in [0.3, 0.4) is 0 Å². The van der Waals surface area contributed by atoms with Crippen molar-refractivity contribution in [3.8, 4) is 0 Å². The fourth-order valence-electron chi connectivity index (χ4n) is 7.54. The number of likely N-dealkylation sites (tertiary alicyclic amines) is 1. The number of carbonyl (C=O) groups excluding carboxylic acids is 3. The first-order valence-electron chi connectivity index (χ1n) is 17.3. The summed E-state index contributed by atoms with van der Waals surface area (Å²) < 4.78 is 24.0. The molecule has 1 N–H and O–H groups in total. The highest BCUT2D eigenvalue weighted by molar-refractivity contribution is 6.34. The van der Waals surface area contributed by atoms with Crippen molar-refractivity contribution >= 4 is 45.9 Å². The van der Waals surface area contributed by atoms with E-state index in [0.717, 1.165) is 31.5 Å². The van der Waals surface area contributed by atoms with Crippen LogP contribution in [0.2, 0.25) is 5.02 Å². The van der Waals surface area contributed by atoms with Crippen LogP contribution < -0.4 is 5.32 Å². The van der Waals surface area contributed by atoms with Crippen LogP contribution in [0.4, 0.5) is 5.69 Å². The van der Waals surface area contributed by atoms with Crippen molar-refractivity contribution in [2.75, 3.05) is 38.1 Å². The molecule has 1 saturated carbocycles. The standard InChI is InChI=1S/C37H46ClN3O7/c1-4-45-36(44)27-12-14-28(15-13-27)48-37(40-17-7-8-18-40,41-21-24(2)47-25(3)22-41)34(42)20-26-11-16-32(31(38)19-26)39-35(43)30-23-46-33-10-6-5-9-29(30)33/h5-6,9-11,16,19,23-25,27-28H,4,7-8,12-15,17-18,20-22H2,1-3H3,(H,39,43)/t24-,25+,27?,28?,37?. The molecule has 48 heavy (non-hydrogen) atoms. The lowest BCUT2D eigenvalue weighted by Crippen LogP contribution is -2.71. The van der Waals surface area contributed by atoms with Crippen molar-refractivity contribution in [3.05, 3.63) is 64.9 Å². The van der Waals surface area contributed by atoms with Gasteiger partial charge in [0.05, 0.1) is 47.1 Å². The number of carbonyl (C=O) groups is 3. The lowest BCUT2D eigenvalue weighted by atomic mass is 9.87. The Bertz CT molecular complexity index is 1600.